The monoisotopic (exact) mass is 264 g/mol. The molecule has 0 saturated carbocycles. The highest BCUT2D eigenvalue weighted by Gasteiger charge is 2.31. The van der Waals surface area contributed by atoms with E-state index in [9.17, 15) is 9.90 Å². The topological polar surface area (TPSA) is 61.8 Å². The Kier molecular flexibility index (Phi) is 4.27. The first-order chi connectivity index (χ1) is 9.17. The summed E-state index contributed by atoms with van der Waals surface area (Å²) in [4.78, 5) is 13.9. The highest BCUT2D eigenvalue weighted by molar-refractivity contribution is 5.86. The van der Waals surface area contributed by atoms with Crippen molar-refractivity contribution in [2.45, 2.75) is 13.0 Å². The molecular weight excluding hydrogens is 244 g/mol. The van der Waals surface area contributed by atoms with Crippen molar-refractivity contribution in [3.8, 4) is 5.75 Å². The van der Waals surface area contributed by atoms with Gasteiger partial charge in [0, 0.05) is 13.1 Å². The summed E-state index contributed by atoms with van der Waals surface area (Å²) in [6.45, 7) is 3.18. The molecule has 2 N–H and O–H groups in total. The molecule has 1 aliphatic rings. The van der Waals surface area contributed by atoms with Gasteiger partial charge in [0.05, 0.1) is 19.4 Å². The maximum absolute atomic E-state index is 12.0. The van der Waals surface area contributed by atoms with Crippen molar-refractivity contribution < 1.29 is 14.6 Å². The smallest absolute Gasteiger partial charge is 0.245 e. The number of nitrogens with one attached hydrogen (secondary N) is 1. The van der Waals surface area contributed by atoms with Gasteiger partial charge in [0.1, 0.15) is 11.8 Å². The summed E-state index contributed by atoms with van der Waals surface area (Å²) >= 11 is 0. The van der Waals surface area contributed by atoms with Gasteiger partial charge in [-0.1, -0.05) is 19.1 Å². The van der Waals surface area contributed by atoms with Crippen LogP contribution in [0.25, 0.3) is 0 Å². The van der Waals surface area contributed by atoms with Crippen LogP contribution in [0, 0.1) is 5.92 Å². The quantitative estimate of drug-likeness (QED) is 0.840. The molecule has 0 spiro atoms. The average Bonchev–Trinajstić information content (AvgIpc) is 2.58. The molecule has 5 heteroatoms. The average molecular weight is 264 g/mol. The first-order valence-electron chi connectivity index (χ1n) is 6.45. The molecule has 2 rings (SSSR count). The van der Waals surface area contributed by atoms with Crippen LogP contribution >= 0.6 is 0 Å². The van der Waals surface area contributed by atoms with Crippen molar-refractivity contribution in [2.75, 3.05) is 31.7 Å². The predicted octanol–water partition coefficient (Wildman–Crippen LogP) is 0.628. The molecule has 5 nitrogen and oxygen atoms in total. The second-order valence-corrected chi connectivity index (χ2v) is 4.87. The fourth-order valence-corrected chi connectivity index (χ4v) is 2.38. The molecule has 104 valence electrons. The number of anilines is 1. The largest absolute Gasteiger partial charge is 0.495 e. The van der Waals surface area contributed by atoms with Gasteiger partial charge in [-0.25, -0.2) is 0 Å². The Morgan fingerprint density at radius 1 is 1.47 bits per heavy atom. The SMILES string of the molecule is COc1ccccc1N1CC(C)CNC(=O)C1CO. The van der Waals surface area contributed by atoms with Crippen molar-refractivity contribution in [1.82, 2.24) is 5.32 Å². The van der Waals surface area contributed by atoms with Crippen molar-refractivity contribution in [1.29, 1.82) is 0 Å². The fourth-order valence-electron chi connectivity index (χ4n) is 2.38. The lowest BCUT2D eigenvalue weighted by atomic mass is 10.1. The minimum absolute atomic E-state index is 0.141. The first kappa shape index (κ1) is 13.7. The van der Waals surface area contributed by atoms with Crippen LogP contribution in [0.4, 0.5) is 5.69 Å². The number of methoxy groups -OCH3 is 1. The zero-order valence-corrected chi connectivity index (χ0v) is 11.3. The summed E-state index contributed by atoms with van der Waals surface area (Å²) in [7, 11) is 1.61. The Balaban J connectivity index is 2.39. The summed E-state index contributed by atoms with van der Waals surface area (Å²) in [5.74, 6) is 0.881. The van der Waals surface area contributed by atoms with Crippen LogP contribution < -0.4 is 15.0 Å². The zero-order valence-electron chi connectivity index (χ0n) is 11.3. The van der Waals surface area contributed by atoms with Gasteiger partial charge in [-0.2, -0.15) is 0 Å². The predicted molar refractivity (Wildman–Crippen MR) is 73.4 cm³/mol. The van der Waals surface area contributed by atoms with Crippen LogP contribution in [0.2, 0.25) is 0 Å². The number of nitrogens with zero attached hydrogens (tertiary/aromatic N) is 1. The van der Waals surface area contributed by atoms with E-state index in [1.54, 1.807) is 7.11 Å². The van der Waals surface area contributed by atoms with Crippen LogP contribution in [0.5, 0.6) is 5.75 Å². The summed E-state index contributed by atoms with van der Waals surface area (Å²) in [6, 6.07) is 6.99. The number of rotatable bonds is 3. The van der Waals surface area contributed by atoms with E-state index < -0.39 is 6.04 Å². The van der Waals surface area contributed by atoms with Crippen LogP contribution in [-0.2, 0) is 4.79 Å². The normalized spacial score (nSPS) is 23.7. The number of aliphatic hydroxyl groups excluding tert-OH is 1. The maximum Gasteiger partial charge on any atom is 0.245 e. The van der Waals surface area contributed by atoms with Gasteiger partial charge >= 0.3 is 0 Å². The second kappa shape index (κ2) is 5.93. The molecule has 1 aromatic rings. The number of hydrogen-bond donors (Lipinski definition) is 2. The number of ether oxygens (including phenoxy) is 1. The Bertz CT molecular complexity index is 450. The molecule has 1 saturated heterocycles. The van der Waals surface area contributed by atoms with E-state index in [2.05, 4.69) is 12.2 Å². The van der Waals surface area contributed by atoms with E-state index >= 15 is 0 Å². The number of carbonyl (C=O) groups is 1. The molecule has 1 fully saturated rings. The van der Waals surface area contributed by atoms with Gasteiger partial charge in [-0.05, 0) is 18.1 Å². The van der Waals surface area contributed by atoms with Crippen molar-refractivity contribution in [3.63, 3.8) is 0 Å². The van der Waals surface area contributed by atoms with Gasteiger partial charge < -0.3 is 20.1 Å². The van der Waals surface area contributed by atoms with Gasteiger partial charge in [0.2, 0.25) is 5.91 Å². The van der Waals surface area contributed by atoms with Crippen LogP contribution in [0.15, 0.2) is 24.3 Å². The van der Waals surface area contributed by atoms with Gasteiger partial charge in [-0.3, -0.25) is 4.79 Å². The minimum Gasteiger partial charge on any atom is -0.495 e. The van der Waals surface area contributed by atoms with E-state index in [1.165, 1.54) is 0 Å². The molecule has 2 unspecified atom stereocenters. The van der Waals surface area contributed by atoms with Crippen molar-refractivity contribution in [2.24, 2.45) is 5.92 Å². The standard InChI is InChI=1S/C14H20N2O3/c1-10-7-15-14(18)12(9-17)16(8-10)11-5-3-4-6-13(11)19-2/h3-6,10,12,17H,7-9H2,1-2H3,(H,15,18). The van der Waals surface area contributed by atoms with Gasteiger partial charge in [-0.15, -0.1) is 0 Å². The molecular formula is C14H20N2O3. The summed E-state index contributed by atoms with van der Waals surface area (Å²) in [6.07, 6.45) is 0. The molecule has 0 aromatic heterocycles. The molecule has 0 bridgehead atoms. The number of benzene rings is 1. The van der Waals surface area contributed by atoms with Crippen molar-refractivity contribution in [3.05, 3.63) is 24.3 Å². The lowest BCUT2D eigenvalue weighted by Crippen LogP contribution is -2.47. The third-order valence-corrected chi connectivity index (χ3v) is 3.38. The number of carbonyl (C=O) groups excluding carboxylic acids is 1. The molecule has 1 aliphatic heterocycles. The van der Waals surface area contributed by atoms with Crippen LogP contribution in [0.3, 0.4) is 0 Å². The van der Waals surface area contributed by atoms with E-state index in [0.717, 1.165) is 5.69 Å². The number of para-hydroxylation sites is 2. The van der Waals surface area contributed by atoms with E-state index in [-0.39, 0.29) is 12.5 Å². The Morgan fingerprint density at radius 3 is 2.89 bits per heavy atom. The molecule has 0 aliphatic carbocycles. The minimum atomic E-state index is -0.568. The number of hydrogen-bond acceptors (Lipinski definition) is 4. The zero-order chi connectivity index (χ0) is 13.8. The third-order valence-electron chi connectivity index (χ3n) is 3.38. The highest BCUT2D eigenvalue weighted by Crippen LogP contribution is 2.30. The third kappa shape index (κ3) is 2.81. The number of aliphatic hydroxyl groups is 1. The summed E-state index contributed by atoms with van der Waals surface area (Å²) in [5, 5.41) is 12.4. The van der Waals surface area contributed by atoms with Crippen LogP contribution in [0.1, 0.15) is 6.92 Å². The Morgan fingerprint density at radius 2 is 2.21 bits per heavy atom. The van der Waals surface area contributed by atoms with E-state index in [4.69, 9.17) is 4.74 Å². The molecule has 1 heterocycles. The number of amides is 1. The van der Waals surface area contributed by atoms with E-state index in [1.807, 2.05) is 29.2 Å². The first-order valence-corrected chi connectivity index (χ1v) is 6.45. The summed E-state index contributed by atoms with van der Waals surface area (Å²) < 4.78 is 5.35. The molecule has 1 amide bonds. The molecule has 1 aromatic carbocycles. The molecule has 19 heavy (non-hydrogen) atoms. The molecule has 2 atom stereocenters. The fraction of sp³-hybridized carbons (Fsp3) is 0.500. The highest BCUT2D eigenvalue weighted by atomic mass is 16.5. The lowest BCUT2D eigenvalue weighted by molar-refractivity contribution is -0.122. The summed E-state index contributed by atoms with van der Waals surface area (Å²) in [5.41, 5.74) is 0.841. The van der Waals surface area contributed by atoms with Gasteiger partial charge in [0.25, 0.3) is 0 Å². The maximum atomic E-state index is 12.0. The van der Waals surface area contributed by atoms with Crippen LogP contribution in [-0.4, -0.2) is 43.9 Å². The Hall–Kier alpha value is -1.75. The lowest BCUT2D eigenvalue weighted by Gasteiger charge is -2.31. The second-order valence-electron chi connectivity index (χ2n) is 4.87. The van der Waals surface area contributed by atoms with Crippen molar-refractivity contribution >= 4 is 11.6 Å². The molecule has 0 radical (unpaired) electrons. The Labute approximate surface area is 113 Å². The van der Waals surface area contributed by atoms with E-state index in [0.29, 0.717) is 24.8 Å². The van der Waals surface area contributed by atoms with Gasteiger partial charge in [0.15, 0.2) is 0 Å².